The van der Waals surface area contributed by atoms with Crippen molar-refractivity contribution in [2.75, 3.05) is 11.9 Å². The lowest BCUT2D eigenvalue weighted by atomic mass is 10.0. The van der Waals surface area contributed by atoms with Gasteiger partial charge in [0.15, 0.2) is 12.0 Å². The Morgan fingerprint density at radius 1 is 1.21 bits per heavy atom. The average Bonchev–Trinajstić information content (AvgIpc) is 2.40. The van der Waals surface area contributed by atoms with Gasteiger partial charge < -0.3 is 25.4 Å². The van der Waals surface area contributed by atoms with Crippen molar-refractivity contribution in [3.8, 4) is 0 Å². The van der Waals surface area contributed by atoms with Gasteiger partial charge in [-0.3, -0.25) is 4.79 Å². The van der Waals surface area contributed by atoms with E-state index in [0.717, 1.165) is 0 Å². The second kappa shape index (κ2) is 5.66. The Balaban J connectivity index is 2.03. The summed E-state index contributed by atoms with van der Waals surface area (Å²) in [7, 11) is 0. The van der Waals surface area contributed by atoms with Crippen LogP contribution < -0.4 is 5.32 Å². The fourth-order valence-electron chi connectivity index (χ4n) is 1.90. The first kappa shape index (κ1) is 14.0. The number of carbonyl (C=O) groups is 1. The van der Waals surface area contributed by atoms with Crippen molar-refractivity contribution in [1.29, 1.82) is 0 Å². The molecule has 1 saturated heterocycles. The highest BCUT2D eigenvalue weighted by Gasteiger charge is 2.37. The average molecular weight is 267 g/mol. The summed E-state index contributed by atoms with van der Waals surface area (Å²) in [5.41, 5.74) is 1.24. The molecule has 6 heteroatoms. The molecule has 0 saturated carbocycles. The Morgan fingerprint density at radius 3 is 2.42 bits per heavy atom. The number of nitrogens with one attached hydrogen (secondary N) is 1. The number of aliphatic hydroxyl groups excluding tert-OH is 3. The number of aliphatic hydroxyl groups is 3. The third kappa shape index (κ3) is 3.10. The summed E-state index contributed by atoms with van der Waals surface area (Å²) < 4.78 is 5.22. The molecule has 2 rings (SSSR count). The van der Waals surface area contributed by atoms with Gasteiger partial charge in [0.25, 0.3) is 0 Å². The lowest BCUT2D eigenvalue weighted by molar-refractivity contribution is -0.178. The summed E-state index contributed by atoms with van der Waals surface area (Å²) in [5, 5.41) is 31.5. The number of Topliss-reactive ketones (excluding diaryl/α,β-unsaturated/α-hetero) is 1. The van der Waals surface area contributed by atoms with Gasteiger partial charge in [0.2, 0.25) is 0 Å². The highest BCUT2D eigenvalue weighted by molar-refractivity contribution is 5.94. The molecule has 1 heterocycles. The first-order valence-corrected chi connectivity index (χ1v) is 6.02. The van der Waals surface area contributed by atoms with E-state index in [-0.39, 0.29) is 12.4 Å². The van der Waals surface area contributed by atoms with Crippen LogP contribution >= 0.6 is 0 Å². The van der Waals surface area contributed by atoms with Gasteiger partial charge in [-0.05, 0) is 31.2 Å². The number of carbonyl (C=O) groups excluding carboxylic acids is 1. The molecule has 4 N–H and O–H groups in total. The van der Waals surface area contributed by atoms with E-state index in [1.54, 1.807) is 24.3 Å². The molecule has 0 amide bonds. The van der Waals surface area contributed by atoms with E-state index in [1.807, 2.05) is 0 Å². The van der Waals surface area contributed by atoms with E-state index in [4.69, 9.17) is 4.74 Å². The van der Waals surface area contributed by atoms with E-state index in [1.165, 1.54) is 6.92 Å². The van der Waals surface area contributed by atoms with Gasteiger partial charge in [-0.2, -0.15) is 0 Å². The number of anilines is 1. The number of benzene rings is 1. The predicted molar refractivity (Wildman–Crippen MR) is 67.8 cm³/mol. The second-order valence-electron chi connectivity index (χ2n) is 4.58. The van der Waals surface area contributed by atoms with Crippen LogP contribution in [0, 0.1) is 0 Å². The van der Waals surface area contributed by atoms with E-state index >= 15 is 0 Å². The number of ether oxygens (including phenoxy) is 1. The smallest absolute Gasteiger partial charge is 0.159 e. The fraction of sp³-hybridized carbons (Fsp3) is 0.462. The zero-order valence-corrected chi connectivity index (χ0v) is 10.5. The molecule has 1 aliphatic rings. The van der Waals surface area contributed by atoms with Crippen LogP contribution in [-0.4, -0.2) is 52.2 Å². The molecule has 1 aromatic rings. The van der Waals surface area contributed by atoms with Crippen LogP contribution in [0.15, 0.2) is 24.3 Å². The molecule has 1 fully saturated rings. The molecule has 0 spiro atoms. The molecule has 1 aromatic carbocycles. The topological polar surface area (TPSA) is 99.0 Å². The van der Waals surface area contributed by atoms with Gasteiger partial charge in [-0.15, -0.1) is 0 Å². The van der Waals surface area contributed by atoms with Gasteiger partial charge in [0.1, 0.15) is 18.3 Å². The molecule has 0 aliphatic carbocycles. The summed E-state index contributed by atoms with van der Waals surface area (Å²) in [6.45, 7) is 1.43. The lowest BCUT2D eigenvalue weighted by Gasteiger charge is -2.35. The van der Waals surface area contributed by atoms with Crippen LogP contribution in [0.2, 0.25) is 0 Å². The first-order chi connectivity index (χ1) is 8.99. The monoisotopic (exact) mass is 267 g/mol. The Morgan fingerprint density at radius 2 is 1.84 bits per heavy atom. The first-order valence-electron chi connectivity index (χ1n) is 6.02. The van der Waals surface area contributed by atoms with Gasteiger partial charge in [0.05, 0.1) is 6.61 Å². The molecule has 0 aromatic heterocycles. The SMILES string of the molecule is CC(=O)c1ccc(N[C@@H]2OC[C@H](O)[C@@H](O)[C@@H]2O)cc1. The van der Waals surface area contributed by atoms with Crippen LogP contribution in [0.4, 0.5) is 5.69 Å². The number of ketones is 1. The third-order valence-electron chi connectivity index (χ3n) is 3.10. The summed E-state index contributed by atoms with van der Waals surface area (Å²) in [6, 6.07) is 6.69. The fourth-order valence-corrected chi connectivity index (χ4v) is 1.90. The van der Waals surface area contributed by atoms with Crippen molar-refractivity contribution in [3.05, 3.63) is 29.8 Å². The molecule has 0 radical (unpaired) electrons. The normalized spacial score (nSPS) is 30.9. The summed E-state index contributed by atoms with van der Waals surface area (Å²) in [5.74, 6) is -0.0287. The van der Waals surface area contributed by atoms with Crippen molar-refractivity contribution >= 4 is 11.5 Å². The van der Waals surface area contributed by atoms with Crippen molar-refractivity contribution < 1.29 is 24.9 Å². The van der Waals surface area contributed by atoms with Crippen LogP contribution in [0.3, 0.4) is 0 Å². The summed E-state index contributed by atoms with van der Waals surface area (Å²) >= 11 is 0. The quantitative estimate of drug-likeness (QED) is 0.563. The van der Waals surface area contributed by atoms with Crippen molar-refractivity contribution in [1.82, 2.24) is 0 Å². The van der Waals surface area contributed by atoms with Gasteiger partial charge in [-0.25, -0.2) is 0 Å². The Labute approximate surface area is 110 Å². The summed E-state index contributed by atoms with van der Waals surface area (Å²) in [4.78, 5) is 11.1. The molecular weight excluding hydrogens is 250 g/mol. The van der Waals surface area contributed by atoms with Crippen LogP contribution in [0.1, 0.15) is 17.3 Å². The molecule has 0 bridgehead atoms. The highest BCUT2D eigenvalue weighted by Crippen LogP contribution is 2.19. The maximum absolute atomic E-state index is 11.1. The maximum atomic E-state index is 11.1. The van der Waals surface area contributed by atoms with Crippen LogP contribution in [0.25, 0.3) is 0 Å². The largest absolute Gasteiger partial charge is 0.388 e. The molecule has 104 valence electrons. The van der Waals surface area contributed by atoms with Crippen LogP contribution in [-0.2, 0) is 4.74 Å². The maximum Gasteiger partial charge on any atom is 0.159 e. The minimum absolute atomic E-state index is 0.0287. The lowest BCUT2D eigenvalue weighted by Crippen LogP contribution is -2.55. The standard InChI is InChI=1S/C13H17NO5/c1-7(15)8-2-4-9(5-3-8)14-13-12(18)11(17)10(16)6-19-13/h2-5,10-14,16-18H,6H2,1H3/t10-,11+,12-,13+/m0/s1. The highest BCUT2D eigenvalue weighted by atomic mass is 16.5. The van der Waals surface area contributed by atoms with Crippen molar-refractivity contribution in [2.24, 2.45) is 0 Å². The van der Waals surface area contributed by atoms with Gasteiger partial charge in [-0.1, -0.05) is 0 Å². The third-order valence-corrected chi connectivity index (χ3v) is 3.10. The minimum Gasteiger partial charge on any atom is -0.388 e. The molecule has 19 heavy (non-hydrogen) atoms. The molecule has 0 unspecified atom stereocenters. The van der Waals surface area contributed by atoms with Crippen molar-refractivity contribution in [2.45, 2.75) is 31.5 Å². The molecule has 1 aliphatic heterocycles. The second-order valence-corrected chi connectivity index (χ2v) is 4.58. The number of hydrogen-bond donors (Lipinski definition) is 4. The predicted octanol–water partition coefficient (Wildman–Crippen LogP) is -0.260. The van der Waals surface area contributed by atoms with Gasteiger partial charge in [0, 0.05) is 11.3 Å². The molecule has 6 nitrogen and oxygen atoms in total. The van der Waals surface area contributed by atoms with Crippen LogP contribution in [0.5, 0.6) is 0 Å². The minimum atomic E-state index is -1.25. The molecular formula is C13H17NO5. The Bertz CT molecular complexity index is 447. The Hall–Kier alpha value is -1.47. The van der Waals surface area contributed by atoms with Gasteiger partial charge >= 0.3 is 0 Å². The van der Waals surface area contributed by atoms with E-state index in [0.29, 0.717) is 11.3 Å². The number of rotatable bonds is 3. The zero-order chi connectivity index (χ0) is 14.0. The van der Waals surface area contributed by atoms with E-state index in [2.05, 4.69) is 5.32 Å². The van der Waals surface area contributed by atoms with Crippen molar-refractivity contribution in [3.63, 3.8) is 0 Å². The number of hydrogen-bond acceptors (Lipinski definition) is 6. The van der Waals surface area contributed by atoms with E-state index in [9.17, 15) is 20.1 Å². The van der Waals surface area contributed by atoms with E-state index < -0.39 is 24.5 Å². The Kier molecular flexibility index (Phi) is 4.16. The summed E-state index contributed by atoms with van der Waals surface area (Å²) in [6.07, 6.45) is -4.37. The molecule has 4 atom stereocenters. The zero-order valence-electron chi connectivity index (χ0n) is 10.5.